The molecule has 0 unspecified atom stereocenters. The number of nitrogens with one attached hydrogen (secondary N) is 1. The number of piperidine rings is 1. The molecular weight excluding hydrogens is 294 g/mol. The number of hydrogen-bond donors (Lipinski definition) is 1. The lowest BCUT2D eigenvalue weighted by Gasteiger charge is -2.31. The molecule has 6 nitrogen and oxygen atoms in total. The van der Waals surface area contributed by atoms with Crippen molar-refractivity contribution in [3.8, 4) is 0 Å². The number of benzene rings is 1. The summed E-state index contributed by atoms with van der Waals surface area (Å²) in [6.07, 6.45) is 2.24. The normalized spacial score (nSPS) is 19.4. The molecule has 2 rings (SSSR count). The predicted octanol–water partition coefficient (Wildman–Crippen LogP) is 2.81. The lowest BCUT2D eigenvalue weighted by Crippen LogP contribution is -2.43. The van der Waals surface area contributed by atoms with Crippen molar-refractivity contribution in [3.05, 3.63) is 39.4 Å². The summed E-state index contributed by atoms with van der Waals surface area (Å²) in [5.41, 5.74) is 1.58. The van der Waals surface area contributed by atoms with Gasteiger partial charge in [0.1, 0.15) is 0 Å². The fraction of sp³-hybridized carbons (Fsp3) is 0.588. The molecule has 1 N–H and O–H groups in total. The Morgan fingerprint density at radius 2 is 2.26 bits per heavy atom. The first-order chi connectivity index (χ1) is 10.9. The third-order valence-corrected chi connectivity index (χ3v) is 4.50. The minimum atomic E-state index is -0.369. The van der Waals surface area contributed by atoms with Gasteiger partial charge in [0.2, 0.25) is 5.91 Å². The van der Waals surface area contributed by atoms with Crippen LogP contribution in [0.25, 0.3) is 0 Å². The van der Waals surface area contributed by atoms with Gasteiger partial charge in [-0.1, -0.05) is 19.1 Å². The molecule has 0 radical (unpaired) electrons. The van der Waals surface area contributed by atoms with Crippen molar-refractivity contribution < 1.29 is 9.72 Å². The molecule has 1 saturated heterocycles. The molecule has 1 amide bonds. The molecule has 1 fully saturated rings. The quantitative estimate of drug-likeness (QED) is 0.669. The fourth-order valence-electron chi connectivity index (χ4n) is 2.98. The molecule has 1 aromatic carbocycles. The van der Waals surface area contributed by atoms with Crippen LogP contribution in [-0.4, -0.2) is 35.4 Å². The zero-order chi connectivity index (χ0) is 17.0. The van der Waals surface area contributed by atoms with Crippen molar-refractivity contribution in [1.29, 1.82) is 0 Å². The maximum absolute atomic E-state index is 12.3. The van der Waals surface area contributed by atoms with Gasteiger partial charge in [0.15, 0.2) is 0 Å². The highest BCUT2D eigenvalue weighted by Gasteiger charge is 2.21. The fourth-order valence-corrected chi connectivity index (χ4v) is 2.98. The van der Waals surface area contributed by atoms with Crippen LogP contribution in [0.15, 0.2) is 18.2 Å². The molecule has 0 bridgehead atoms. The number of carbonyl (C=O) groups is 1. The van der Waals surface area contributed by atoms with Crippen LogP contribution in [0.3, 0.4) is 0 Å². The van der Waals surface area contributed by atoms with Gasteiger partial charge in [-0.05, 0) is 38.2 Å². The van der Waals surface area contributed by atoms with Gasteiger partial charge >= 0.3 is 0 Å². The van der Waals surface area contributed by atoms with E-state index in [-0.39, 0.29) is 29.1 Å². The van der Waals surface area contributed by atoms with Crippen LogP contribution in [0.4, 0.5) is 5.69 Å². The molecule has 1 heterocycles. The van der Waals surface area contributed by atoms with Gasteiger partial charge in [-0.25, -0.2) is 0 Å². The largest absolute Gasteiger partial charge is 0.341 e. The van der Waals surface area contributed by atoms with E-state index in [1.54, 1.807) is 19.1 Å². The summed E-state index contributed by atoms with van der Waals surface area (Å²) in [4.78, 5) is 24.8. The van der Waals surface area contributed by atoms with Crippen molar-refractivity contribution in [2.24, 2.45) is 5.92 Å². The third-order valence-electron chi connectivity index (χ3n) is 4.50. The van der Waals surface area contributed by atoms with E-state index >= 15 is 0 Å². The first-order valence-electron chi connectivity index (χ1n) is 8.14. The van der Waals surface area contributed by atoms with Gasteiger partial charge < -0.3 is 10.2 Å². The lowest BCUT2D eigenvalue weighted by atomic mass is 10.0. The van der Waals surface area contributed by atoms with E-state index < -0.39 is 0 Å². The molecular formula is C17H25N3O3. The second-order valence-corrected chi connectivity index (χ2v) is 6.49. The van der Waals surface area contributed by atoms with Crippen LogP contribution in [0, 0.1) is 23.0 Å². The summed E-state index contributed by atoms with van der Waals surface area (Å²) in [6, 6.07) is 5.09. The Labute approximate surface area is 137 Å². The van der Waals surface area contributed by atoms with Crippen molar-refractivity contribution in [2.75, 3.05) is 19.6 Å². The standard InChI is InChI=1S/C17H25N3O3/c1-12-5-4-8-19(11-12)17(21)10-18-14(3)15-7-6-13(2)16(9-15)20(22)23/h6-7,9,12,14,18H,4-5,8,10-11H2,1-3H3/t12-,14-/m1/s1. The second-order valence-electron chi connectivity index (χ2n) is 6.49. The first kappa shape index (κ1) is 17.4. The molecule has 23 heavy (non-hydrogen) atoms. The van der Waals surface area contributed by atoms with E-state index in [2.05, 4.69) is 12.2 Å². The number of hydrogen-bond acceptors (Lipinski definition) is 4. The molecule has 1 aliphatic rings. The topological polar surface area (TPSA) is 75.5 Å². The van der Waals surface area contributed by atoms with E-state index in [0.29, 0.717) is 11.5 Å². The lowest BCUT2D eigenvalue weighted by molar-refractivity contribution is -0.385. The number of aryl methyl sites for hydroxylation is 1. The van der Waals surface area contributed by atoms with Gasteiger partial charge in [-0.3, -0.25) is 14.9 Å². The smallest absolute Gasteiger partial charge is 0.272 e. The highest BCUT2D eigenvalue weighted by molar-refractivity contribution is 5.78. The van der Waals surface area contributed by atoms with E-state index in [1.165, 1.54) is 6.42 Å². The van der Waals surface area contributed by atoms with Crippen LogP contribution in [-0.2, 0) is 4.79 Å². The molecule has 0 spiro atoms. The predicted molar refractivity (Wildman–Crippen MR) is 89.2 cm³/mol. The Kier molecular flexibility index (Phi) is 5.71. The van der Waals surface area contributed by atoms with E-state index in [9.17, 15) is 14.9 Å². The third kappa shape index (κ3) is 4.51. The Hall–Kier alpha value is -1.95. The number of nitro groups is 1. The summed E-state index contributed by atoms with van der Waals surface area (Å²) in [7, 11) is 0. The number of amides is 1. The molecule has 1 aliphatic heterocycles. The summed E-state index contributed by atoms with van der Waals surface area (Å²) < 4.78 is 0. The number of nitro benzene ring substituents is 1. The summed E-state index contributed by atoms with van der Waals surface area (Å²) in [5.74, 6) is 0.662. The number of nitrogens with zero attached hydrogens (tertiary/aromatic N) is 2. The maximum atomic E-state index is 12.3. The second kappa shape index (κ2) is 7.55. The van der Waals surface area contributed by atoms with Crippen LogP contribution >= 0.6 is 0 Å². The minimum Gasteiger partial charge on any atom is -0.341 e. The Morgan fingerprint density at radius 1 is 1.52 bits per heavy atom. The van der Waals surface area contributed by atoms with Gasteiger partial charge in [0.05, 0.1) is 11.5 Å². The average molecular weight is 319 g/mol. The molecule has 126 valence electrons. The van der Waals surface area contributed by atoms with Crippen molar-refractivity contribution >= 4 is 11.6 Å². The van der Waals surface area contributed by atoms with E-state index in [1.807, 2.05) is 17.9 Å². The van der Waals surface area contributed by atoms with E-state index in [0.717, 1.165) is 25.1 Å². The van der Waals surface area contributed by atoms with Gasteiger partial charge in [0.25, 0.3) is 5.69 Å². The zero-order valence-electron chi connectivity index (χ0n) is 14.0. The highest BCUT2D eigenvalue weighted by Crippen LogP contribution is 2.23. The van der Waals surface area contributed by atoms with Gasteiger partial charge in [-0.2, -0.15) is 0 Å². The summed E-state index contributed by atoms with van der Waals surface area (Å²) >= 11 is 0. The molecule has 0 saturated carbocycles. The molecule has 6 heteroatoms. The van der Waals surface area contributed by atoms with Crippen LogP contribution < -0.4 is 5.32 Å². The van der Waals surface area contributed by atoms with Crippen molar-refractivity contribution in [3.63, 3.8) is 0 Å². The number of likely N-dealkylation sites (tertiary alicyclic amines) is 1. The summed E-state index contributed by atoms with van der Waals surface area (Å²) in [5, 5.41) is 14.2. The molecule has 0 aromatic heterocycles. The SMILES string of the molecule is Cc1ccc([C@@H](C)NCC(=O)N2CCC[C@@H](C)C2)cc1[N+](=O)[O-]. The summed E-state index contributed by atoms with van der Waals surface area (Å²) in [6.45, 7) is 7.72. The number of rotatable bonds is 5. The maximum Gasteiger partial charge on any atom is 0.272 e. The van der Waals surface area contributed by atoms with E-state index in [4.69, 9.17) is 0 Å². The Morgan fingerprint density at radius 3 is 2.91 bits per heavy atom. The molecule has 1 aromatic rings. The van der Waals surface area contributed by atoms with Gasteiger partial charge in [-0.15, -0.1) is 0 Å². The zero-order valence-corrected chi connectivity index (χ0v) is 14.0. The monoisotopic (exact) mass is 319 g/mol. The highest BCUT2D eigenvalue weighted by atomic mass is 16.6. The average Bonchev–Trinajstić information content (AvgIpc) is 2.52. The van der Waals surface area contributed by atoms with Crippen LogP contribution in [0.1, 0.15) is 43.9 Å². The minimum absolute atomic E-state index is 0.102. The Balaban J connectivity index is 1.94. The van der Waals surface area contributed by atoms with Crippen molar-refractivity contribution in [2.45, 2.75) is 39.7 Å². The first-order valence-corrected chi connectivity index (χ1v) is 8.14. The number of carbonyl (C=O) groups excluding carboxylic acids is 1. The van der Waals surface area contributed by atoms with Crippen molar-refractivity contribution in [1.82, 2.24) is 10.2 Å². The van der Waals surface area contributed by atoms with Crippen LogP contribution in [0.2, 0.25) is 0 Å². The Bertz CT molecular complexity index is 588. The molecule has 0 aliphatic carbocycles. The van der Waals surface area contributed by atoms with Gasteiger partial charge in [0, 0.05) is 30.8 Å². The van der Waals surface area contributed by atoms with Crippen LogP contribution in [0.5, 0.6) is 0 Å². The molecule has 2 atom stereocenters.